The molecule has 124 valence electrons. The highest BCUT2D eigenvalue weighted by atomic mass is 32.2. The van der Waals surface area contributed by atoms with Gasteiger partial charge < -0.3 is 9.47 Å². The van der Waals surface area contributed by atoms with Gasteiger partial charge in [0.05, 0.1) is 24.5 Å². The second-order valence-electron chi connectivity index (χ2n) is 5.25. The topological polar surface area (TPSA) is 59.3 Å². The van der Waals surface area contributed by atoms with E-state index in [0.717, 1.165) is 15.7 Å². The lowest BCUT2D eigenvalue weighted by Gasteiger charge is -2.09. The lowest BCUT2D eigenvalue weighted by atomic mass is 10.1. The summed E-state index contributed by atoms with van der Waals surface area (Å²) < 4.78 is 10.5. The third-order valence-corrected chi connectivity index (χ3v) is 4.56. The number of fused-ring (bicyclic) bond motifs is 1. The van der Waals surface area contributed by atoms with Crippen LogP contribution in [0.5, 0.6) is 11.5 Å². The van der Waals surface area contributed by atoms with Gasteiger partial charge in [0.2, 0.25) is 0 Å². The molecule has 5 heteroatoms. The van der Waals surface area contributed by atoms with Gasteiger partial charge in [-0.15, -0.1) is 11.8 Å². The number of methoxy groups -OCH3 is 1. The van der Waals surface area contributed by atoms with E-state index in [2.05, 4.69) is 12.1 Å². The number of carbonyl (C=O) groups is 1. The molecule has 0 saturated carbocycles. The van der Waals surface area contributed by atoms with E-state index in [9.17, 15) is 4.79 Å². The number of nitriles is 1. The molecule has 0 radical (unpaired) electrons. The van der Waals surface area contributed by atoms with Gasteiger partial charge in [-0.1, -0.05) is 30.3 Å². The lowest BCUT2D eigenvalue weighted by Crippen LogP contribution is -2.11. The van der Waals surface area contributed by atoms with Crippen molar-refractivity contribution in [2.24, 2.45) is 0 Å². The molecule has 0 amide bonds. The van der Waals surface area contributed by atoms with Crippen LogP contribution in [0.25, 0.3) is 10.8 Å². The van der Waals surface area contributed by atoms with E-state index in [1.807, 2.05) is 36.4 Å². The first-order valence-electron chi connectivity index (χ1n) is 7.60. The van der Waals surface area contributed by atoms with Crippen LogP contribution < -0.4 is 9.47 Å². The van der Waals surface area contributed by atoms with E-state index in [0.29, 0.717) is 17.1 Å². The molecule has 3 aromatic rings. The number of thioether (sulfide) groups is 1. The van der Waals surface area contributed by atoms with Crippen molar-refractivity contribution in [3.63, 3.8) is 0 Å². The number of esters is 1. The van der Waals surface area contributed by atoms with Gasteiger partial charge in [-0.05, 0) is 35.0 Å². The summed E-state index contributed by atoms with van der Waals surface area (Å²) in [7, 11) is 1.47. The lowest BCUT2D eigenvalue weighted by molar-refractivity contribution is -0.131. The standard InChI is InChI=1S/C20H15NO3S/c1-23-19-10-14(12-21)6-9-18(19)24-20(22)13-25-17-8-7-15-4-2-3-5-16(15)11-17/h2-11H,13H2,1H3. The smallest absolute Gasteiger partial charge is 0.321 e. The SMILES string of the molecule is COc1cc(C#N)ccc1OC(=O)CSc1ccc2ccccc2c1. The van der Waals surface area contributed by atoms with Gasteiger partial charge in [0.15, 0.2) is 11.5 Å². The molecule has 4 nitrogen and oxygen atoms in total. The van der Waals surface area contributed by atoms with E-state index in [1.54, 1.807) is 18.2 Å². The van der Waals surface area contributed by atoms with E-state index in [1.165, 1.54) is 18.9 Å². The van der Waals surface area contributed by atoms with Crippen LogP contribution in [-0.4, -0.2) is 18.8 Å². The third-order valence-electron chi connectivity index (χ3n) is 3.59. The van der Waals surface area contributed by atoms with Crippen LogP contribution in [0, 0.1) is 11.3 Å². The highest BCUT2D eigenvalue weighted by Crippen LogP contribution is 2.29. The summed E-state index contributed by atoms with van der Waals surface area (Å²) >= 11 is 1.42. The van der Waals surface area contributed by atoms with Crippen molar-refractivity contribution in [1.82, 2.24) is 0 Å². The van der Waals surface area contributed by atoms with E-state index in [4.69, 9.17) is 14.7 Å². The van der Waals surface area contributed by atoms with Crippen LogP contribution in [0.15, 0.2) is 65.6 Å². The number of carbonyl (C=O) groups excluding carboxylic acids is 1. The van der Waals surface area contributed by atoms with Gasteiger partial charge >= 0.3 is 5.97 Å². The number of hydrogen-bond donors (Lipinski definition) is 0. The average molecular weight is 349 g/mol. The fraction of sp³-hybridized carbons (Fsp3) is 0.100. The summed E-state index contributed by atoms with van der Waals surface area (Å²) in [5, 5.41) is 11.2. The number of benzene rings is 3. The Morgan fingerprint density at radius 2 is 1.84 bits per heavy atom. The molecule has 0 fully saturated rings. The summed E-state index contributed by atoms with van der Waals surface area (Å²) in [6.45, 7) is 0. The molecule has 3 aromatic carbocycles. The Morgan fingerprint density at radius 1 is 1.04 bits per heavy atom. The van der Waals surface area contributed by atoms with Crippen LogP contribution in [0.1, 0.15) is 5.56 Å². The maximum atomic E-state index is 12.1. The first-order valence-corrected chi connectivity index (χ1v) is 8.58. The van der Waals surface area contributed by atoms with Crippen LogP contribution in [0.3, 0.4) is 0 Å². The highest BCUT2D eigenvalue weighted by molar-refractivity contribution is 8.00. The first kappa shape index (κ1) is 16.9. The molecule has 0 saturated heterocycles. The highest BCUT2D eigenvalue weighted by Gasteiger charge is 2.11. The normalized spacial score (nSPS) is 10.2. The Hall–Kier alpha value is -2.97. The molecule has 0 aliphatic heterocycles. The van der Waals surface area contributed by atoms with Crippen molar-refractivity contribution in [3.8, 4) is 17.6 Å². The second kappa shape index (κ2) is 7.73. The predicted octanol–water partition coefficient (Wildman–Crippen LogP) is 4.42. The first-order chi connectivity index (χ1) is 12.2. The Morgan fingerprint density at radius 3 is 2.60 bits per heavy atom. The Labute approximate surface area is 150 Å². The van der Waals surface area contributed by atoms with Crippen LogP contribution in [0.4, 0.5) is 0 Å². The Kier molecular flexibility index (Phi) is 5.22. The van der Waals surface area contributed by atoms with E-state index >= 15 is 0 Å². The van der Waals surface area contributed by atoms with Crippen molar-refractivity contribution >= 4 is 28.5 Å². The molecule has 25 heavy (non-hydrogen) atoms. The molecule has 0 aromatic heterocycles. The third kappa shape index (κ3) is 4.11. The monoisotopic (exact) mass is 349 g/mol. The number of rotatable bonds is 5. The fourth-order valence-corrected chi connectivity index (χ4v) is 3.09. The number of hydrogen-bond acceptors (Lipinski definition) is 5. The molecule has 0 spiro atoms. The summed E-state index contributed by atoms with van der Waals surface area (Å²) in [6, 6.07) is 20.9. The minimum absolute atomic E-state index is 0.182. The van der Waals surface area contributed by atoms with E-state index < -0.39 is 0 Å². The summed E-state index contributed by atoms with van der Waals surface area (Å²) in [4.78, 5) is 13.1. The summed E-state index contributed by atoms with van der Waals surface area (Å²) in [5.41, 5.74) is 0.446. The summed E-state index contributed by atoms with van der Waals surface area (Å²) in [6.07, 6.45) is 0. The van der Waals surface area contributed by atoms with Gasteiger partial charge in [-0.2, -0.15) is 5.26 Å². The molecule has 0 aliphatic rings. The zero-order valence-electron chi connectivity index (χ0n) is 13.6. The van der Waals surface area contributed by atoms with Crippen molar-refractivity contribution in [3.05, 3.63) is 66.2 Å². The molecule has 0 unspecified atom stereocenters. The second-order valence-corrected chi connectivity index (χ2v) is 6.30. The average Bonchev–Trinajstić information content (AvgIpc) is 2.66. The van der Waals surface area contributed by atoms with E-state index in [-0.39, 0.29) is 11.7 Å². The fourth-order valence-electron chi connectivity index (χ4n) is 2.37. The predicted molar refractivity (Wildman–Crippen MR) is 98.0 cm³/mol. The maximum absolute atomic E-state index is 12.1. The van der Waals surface area contributed by atoms with Crippen molar-refractivity contribution in [2.75, 3.05) is 12.9 Å². The zero-order chi connectivity index (χ0) is 17.6. The minimum atomic E-state index is -0.374. The van der Waals surface area contributed by atoms with Crippen molar-refractivity contribution in [1.29, 1.82) is 5.26 Å². The molecule has 3 rings (SSSR count). The Balaban J connectivity index is 1.65. The van der Waals surface area contributed by atoms with Crippen molar-refractivity contribution < 1.29 is 14.3 Å². The van der Waals surface area contributed by atoms with Crippen LogP contribution in [0.2, 0.25) is 0 Å². The largest absolute Gasteiger partial charge is 0.493 e. The van der Waals surface area contributed by atoms with Crippen LogP contribution >= 0.6 is 11.8 Å². The molecule has 0 N–H and O–H groups in total. The van der Waals surface area contributed by atoms with Gasteiger partial charge in [-0.3, -0.25) is 4.79 Å². The van der Waals surface area contributed by atoms with Crippen LogP contribution in [-0.2, 0) is 4.79 Å². The number of nitrogens with zero attached hydrogens (tertiary/aromatic N) is 1. The number of ether oxygens (including phenoxy) is 2. The van der Waals surface area contributed by atoms with Gasteiger partial charge in [0.25, 0.3) is 0 Å². The van der Waals surface area contributed by atoms with Crippen molar-refractivity contribution in [2.45, 2.75) is 4.90 Å². The van der Waals surface area contributed by atoms with Gasteiger partial charge in [-0.25, -0.2) is 0 Å². The summed E-state index contributed by atoms with van der Waals surface area (Å²) in [5.74, 6) is 0.483. The quantitative estimate of drug-likeness (QED) is 0.388. The minimum Gasteiger partial charge on any atom is -0.493 e. The Bertz CT molecular complexity index is 963. The van der Waals surface area contributed by atoms with Gasteiger partial charge in [0.1, 0.15) is 0 Å². The molecule has 0 heterocycles. The molecule has 0 bridgehead atoms. The van der Waals surface area contributed by atoms with Gasteiger partial charge in [0, 0.05) is 11.0 Å². The molecular weight excluding hydrogens is 334 g/mol. The zero-order valence-corrected chi connectivity index (χ0v) is 14.4. The maximum Gasteiger partial charge on any atom is 0.321 e. The molecule has 0 aliphatic carbocycles. The molecular formula is C20H15NO3S. The molecule has 0 atom stereocenters.